The number of nitriles is 1. The van der Waals surface area contributed by atoms with Crippen LogP contribution in [0.5, 0.6) is 17.2 Å². The van der Waals surface area contributed by atoms with Crippen molar-refractivity contribution >= 4 is 23.5 Å². The van der Waals surface area contributed by atoms with Crippen LogP contribution in [0.4, 0.5) is 0 Å². The van der Waals surface area contributed by atoms with Crippen molar-refractivity contribution in [1.29, 1.82) is 5.26 Å². The molecule has 2 aliphatic rings. The number of hydrogen-bond acceptors (Lipinski definition) is 10. The predicted molar refractivity (Wildman–Crippen MR) is 214 cm³/mol. The molecule has 2 saturated heterocycles. The molecular weight excluding hydrogens is 748 g/mol. The Kier molecular flexibility index (Phi) is 13.7. The molecular formula is C44H49ClN4O8. The monoisotopic (exact) mass is 796 g/mol. The largest absolute Gasteiger partial charge is 0.493 e. The quantitative estimate of drug-likeness (QED) is 0.0925. The fourth-order valence-corrected chi connectivity index (χ4v) is 8.03. The highest BCUT2D eigenvalue weighted by Gasteiger charge is 2.37. The van der Waals surface area contributed by atoms with Gasteiger partial charge in [-0.25, -0.2) is 0 Å². The Morgan fingerprint density at radius 1 is 0.930 bits per heavy atom. The minimum atomic E-state index is -1.17. The Bertz CT molecular complexity index is 2120. The summed E-state index contributed by atoms with van der Waals surface area (Å²) in [7, 11) is 0. The van der Waals surface area contributed by atoms with Gasteiger partial charge in [-0.15, -0.1) is 0 Å². The van der Waals surface area contributed by atoms with Gasteiger partial charge in [0.15, 0.2) is 0 Å². The van der Waals surface area contributed by atoms with Crippen molar-refractivity contribution in [3.8, 4) is 34.4 Å². The fourth-order valence-electron chi connectivity index (χ4n) is 7.79. The summed E-state index contributed by atoms with van der Waals surface area (Å²) in [4.78, 5) is 31.4. The Balaban J connectivity index is 1.15. The van der Waals surface area contributed by atoms with Crippen LogP contribution >= 0.6 is 11.6 Å². The molecule has 2 atom stereocenters. The van der Waals surface area contributed by atoms with Crippen molar-refractivity contribution in [3.05, 3.63) is 105 Å². The standard InChI is InChI=1S/C44H49ClN4O8/c1-29-33(8-5-9-35(29)36-10-6-12-39(30(36)2)55-17-7-14-48-16-13-44(54,28-48)21-42(50)51)27-57-41-20-40(56-26-32-18-31(22-46)23-47-24-32)34(19-37(41)45)25-49-15-4-3-11-38(49)43(52)53/h5-6,8-10,12,18-20,23-24,38,54H,3-4,7,11,13-17,21,25-28H2,1-2H3,(H,50,51)(H,52,53)/t38-,44?/m0/s1. The summed E-state index contributed by atoms with van der Waals surface area (Å²) in [5.41, 5.74) is 5.79. The van der Waals surface area contributed by atoms with Gasteiger partial charge < -0.3 is 34.4 Å². The molecule has 2 aliphatic heterocycles. The van der Waals surface area contributed by atoms with E-state index in [9.17, 15) is 25.1 Å². The molecule has 57 heavy (non-hydrogen) atoms. The molecule has 300 valence electrons. The highest BCUT2D eigenvalue weighted by atomic mass is 35.5. The summed E-state index contributed by atoms with van der Waals surface area (Å²) in [5.74, 6) is -0.126. The maximum atomic E-state index is 12.1. The first kappa shape index (κ1) is 41.4. The molecule has 1 aromatic heterocycles. The number of likely N-dealkylation sites (tertiary alicyclic amines) is 2. The van der Waals surface area contributed by atoms with Gasteiger partial charge in [-0.05, 0) is 92.1 Å². The van der Waals surface area contributed by atoms with Gasteiger partial charge >= 0.3 is 11.9 Å². The van der Waals surface area contributed by atoms with Crippen LogP contribution in [-0.2, 0) is 29.3 Å². The molecule has 2 fully saturated rings. The number of β-amino-alcohol motifs (C(OH)–C–C–N with tert-alkyl or cyclic N) is 1. The third-order valence-corrected chi connectivity index (χ3v) is 11.2. The lowest BCUT2D eigenvalue weighted by molar-refractivity contribution is -0.145. The van der Waals surface area contributed by atoms with Gasteiger partial charge in [-0.1, -0.05) is 48.4 Å². The van der Waals surface area contributed by atoms with Crippen molar-refractivity contribution in [1.82, 2.24) is 14.8 Å². The number of nitrogens with zero attached hydrogens (tertiary/aromatic N) is 4. The summed E-state index contributed by atoms with van der Waals surface area (Å²) in [6, 6.07) is 18.8. The molecule has 0 saturated carbocycles. The number of hydrogen-bond donors (Lipinski definition) is 3. The van der Waals surface area contributed by atoms with Gasteiger partial charge in [0.1, 0.15) is 42.6 Å². The van der Waals surface area contributed by atoms with Crippen molar-refractivity contribution in [2.45, 2.75) is 83.8 Å². The summed E-state index contributed by atoms with van der Waals surface area (Å²) in [6.07, 6.45) is 6.41. The second-order valence-electron chi connectivity index (χ2n) is 15.0. The molecule has 4 aromatic rings. The Labute approximate surface area is 338 Å². The van der Waals surface area contributed by atoms with Crippen LogP contribution in [-0.4, -0.2) is 86.5 Å². The minimum absolute atomic E-state index is 0.139. The highest BCUT2D eigenvalue weighted by molar-refractivity contribution is 6.32. The highest BCUT2D eigenvalue weighted by Crippen LogP contribution is 2.37. The SMILES string of the molecule is Cc1c(COc2cc(OCc3cncc(C#N)c3)c(CN3CCCC[C@H]3C(=O)O)cc2Cl)cccc1-c1cccc(OCCCN2CCC(O)(CC(=O)O)C2)c1C. The Morgan fingerprint density at radius 3 is 2.47 bits per heavy atom. The van der Waals surface area contributed by atoms with E-state index >= 15 is 0 Å². The molecule has 1 unspecified atom stereocenters. The smallest absolute Gasteiger partial charge is 0.320 e. The normalized spacial score (nSPS) is 18.5. The summed E-state index contributed by atoms with van der Waals surface area (Å²) >= 11 is 6.86. The predicted octanol–water partition coefficient (Wildman–Crippen LogP) is 7.17. The van der Waals surface area contributed by atoms with Gasteiger partial charge in [0.2, 0.25) is 0 Å². The Hall–Kier alpha value is -5.19. The van der Waals surface area contributed by atoms with Crippen LogP contribution in [0.25, 0.3) is 11.1 Å². The molecule has 3 aromatic carbocycles. The van der Waals surface area contributed by atoms with E-state index in [-0.39, 0.29) is 19.6 Å². The van der Waals surface area contributed by atoms with E-state index in [1.165, 1.54) is 6.20 Å². The fraction of sp³-hybridized carbons (Fsp3) is 0.409. The zero-order valence-electron chi connectivity index (χ0n) is 32.4. The van der Waals surface area contributed by atoms with E-state index < -0.39 is 23.6 Å². The number of rotatable bonds is 17. The van der Waals surface area contributed by atoms with Gasteiger partial charge in [-0.2, -0.15) is 5.26 Å². The van der Waals surface area contributed by atoms with Crippen molar-refractivity contribution in [2.24, 2.45) is 0 Å². The molecule has 0 bridgehead atoms. The van der Waals surface area contributed by atoms with Crippen molar-refractivity contribution in [2.75, 3.05) is 32.8 Å². The average molecular weight is 797 g/mol. The number of carboxylic acids is 2. The molecule has 0 radical (unpaired) electrons. The first-order chi connectivity index (χ1) is 27.4. The van der Waals surface area contributed by atoms with Gasteiger partial charge in [-0.3, -0.25) is 19.5 Å². The molecule has 12 nitrogen and oxygen atoms in total. The number of pyridine rings is 1. The van der Waals surface area contributed by atoms with Gasteiger partial charge in [0, 0.05) is 55.8 Å². The van der Waals surface area contributed by atoms with Gasteiger partial charge in [0.05, 0.1) is 29.2 Å². The number of ether oxygens (including phenoxy) is 3. The molecule has 3 heterocycles. The lowest BCUT2D eigenvalue weighted by Gasteiger charge is -2.33. The first-order valence-electron chi connectivity index (χ1n) is 19.3. The molecule has 0 aliphatic carbocycles. The number of halogens is 1. The van der Waals surface area contributed by atoms with Crippen LogP contribution in [0.3, 0.4) is 0 Å². The van der Waals surface area contributed by atoms with Crippen LogP contribution in [0, 0.1) is 25.2 Å². The molecule has 13 heteroatoms. The molecule has 0 amide bonds. The summed E-state index contributed by atoms with van der Waals surface area (Å²) in [6.45, 7) is 7.65. The third kappa shape index (κ3) is 10.6. The molecule has 6 rings (SSSR count). The Morgan fingerprint density at radius 2 is 1.70 bits per heavy atom. The summed E-state index contributed by atoms with van der Waals surface area (Å²) in [5, 5.41) is 39.3. The number of carboxylic acid groups (broad SMARTS) is 2. The van der Waals surface area contributed by atoms with E-state index in [0.29, 0.717) is 79.8 Å². The number of aliphatic hydroxyl groups is 1. The number of aromatic nitrogens is 1. The topological polar surface area (TPSA) is 166 Å². The maximum Gasteiger partial charge on any atom is 0.320 e. The third-order valence-electron chi connectivity index (χ3n) is 10.9. The lowest BCUT2D eigenvalue weighted by Crippen LogP contribution is -2.44. The van der Waals surface area contributed by atoms with E-state index in [1.54, 1.807) is 24.4 Å². The van der Waals surface area contributed by atoms with E-state index in [4.69, 9.17) is 30.9 Å². The second kappa shape index (κ2) is 18.8. The van der Waals surface area contributed by atoms with Gasteiger partial charge in [0.25, 0.3) is 0 Å². The van der Waals surface area contributed by atoms with E-state index in [2.05, 4.69) is 35.0 Å². The number of carbonyl (C=O) groups is 2. The number of benzene rings is 3. The van der Waals surface area contributed by atoms with E-state index in [1.807, 2.05) is 36.1 Å². The van der Waals surface area contributed by atoms with Crippen LogP contribution in [0.2, 0.25) is 5.02 Å². The zero-order chi connectivity index (χ0) is 40.5. The molecule has 3 N–H and O–H groups in total. The lowest BCUT2D eigenvalue weighted by atomic mass is 9.93. The maximum absolute atomic E-state index is 12.1. The van der Waals surface area contributed by atoms with Crippen LogP contribution in [0.15, 0.2) is 67.0 Å². The zero-order valence-corrected chi connectivity index (χ0v) is 33.1. The minimum Gasteiger partial charge on any atom is -0.493 e. The van der Waals surface area contributed by atoms with E-state index in [0.717, 1.165) is 58.4 Å². The summed E-state index contributed by atoms with van der Waals surface area (Å²) < 4.78 is 18.9. The average Bonchev–Trinajstić information content (AvgIpc) is 3.56. The first-order valence-corrected chi connectivity index (χ1v) is 19.7. The number of piperidine rings is 1. The second-order valence-corrected chi connectivity index (χ2v) is 15.4. The van der Waals surface area contributed by atoms with Crippen LogP contribution in [0.1, 0.15) is 71.9 Å². The van der Waals surface area contributed by atoms with Crippen molar-refractivity contribution in [3.63, 3.8) is 0 Å². The van der Waals surface area contributed by atoms with Crippen LogP contribution < -0.4 is 14.2 Å². The number of aliphatic carboxylic acids is 2. The molecule has 0 spiro atoms. The van der Waals surface area contributed by atoms with Crippen molar-refractivity contribution < 1.29 is 39.1 Å².